The molecule has 1 heterocycles. The van der Waals surface area contributed by atoms with Gasteiger partial charge in [-0.25, -0.2) is 4.98 Å². The molecule has 2 rings (SSSR count). The van der Waals surface area contributed by atoms with Crippen molar-refractivity contribution in [2.75, 3.05) is 11.9 Å². The summed E-state index contributed by atoms with van der Waals surface area (Å²) in [6.45, 7) is 0.597. The van der Waals surface area contributed by atoms with E-state index in [1.807, 2.05) is 0 Å². The fraction of sp³-hybridized carbons (Fsp3) is 0.182. The van der Waals surface area contributed by atoms with E-state index in [9.17, 15) is 10.1 Å². The summed E-state index contributed by atoms with van der Waals surface area (Å²) >= 11 is 3.30. The summed E-state index contributed by atoms with van der Waals surface area (Å²) in [6, 6.07) is 4.83. The van der Waals surface area contributed by atoms with Crippen LogP contribution in [0.5, 0.6) is 0 Å². The van der Waals surface area contributed by atoms with Gasteiger partial charge in [0.05, 0.1) is 11.3 Å². The number of nitrogens with zero attached hydrogens (tertiary/aromatic N) is 2. The minimum atomic E-state index is -0.398. The molecule has 1 aromatic carbocycles. The predicted molar refractivity (Wildman–Crippen MR) is 71.6 cm³/mol. The summed E-state index contributed by atoms with van der Waals surface area (Å²) in [7, 11) is 0. The second kappa shape index (κ2) is 5.63. The Balaban J connectivity index is 2.03. The largest absolute Gasteiger partial charge is 0.379 e. The number of rotatable bonds is 5. The first kappa shape index (κ1) is 12.6. The average Bonchev–Trinajstić information content (AvgIpc) is 2.82. The van der Waals surface area contributed by atoms with E-state index in [1.165, 1.54) is 6.07 Å². The van der Waals surface area contributed by atoms with E-state index in [0.717, 1.165) is 16.6 Å². The molecule has 0 aliphatic carbocycles. The SMILES string of the molecule is O=[N+]([O-])c1ccc(Br)cc1NCCc1cnc[nH]1. The smallest absolute Gasteiger partial charge is 0.292 e. The van der Waals surface area contributed by atoms with Crippen LogP contribution in [-0.4, -0.2) is 21.4 Å². The molecule has 6 nitrogen and oxygen atoms in total. The molecule has 2 N–H and O–H groups in total. The van der Waals surface area contributed by atoms with E-state index in [2.05, 4.69) is 31.2 Å². The van der Waals surface area contributed by atoms with Crippen molar-refractivity contribution in [1.29, 1.82) is 0 Å². The zero-order valence-corrected chi connectivity index (χ0v) is 11.0. The van der Waals surface area contributed by atoms with Gasteiger partial charge in [0.1, 0.15) is 5.69 Å². The maximum Gasteiger partial charge on any atom is 0.292 e. The highest BCUT2D eigenvalue weighted by Gasteiger charge is 2.13. The number of H-pyrrole nitrogens is 1. The number of nitrogens with one attached hydrogen (secondary N) is 2. The van der Waals surface area contributed by atoms with Gasteiger partial charge in [0.2, 0.25) is 0 Å². The molecule has 0 saturated heterocycles. The van der Waals surface area contributed by atoms with Crippen LogP contribution < -0.4 is 5.32 Å². The second-order valence-electron chi connectivity index (χ2n) is 3.67. The van der Waals surface area contributed by atoms with Crippen molar-refractivity contribution in [2.24, 2.45) is 0 Å². The number of nitro groups is 1. The Labute approximate surface area is 112 Å². The Hall–Kier alpha value is -1.89. The Bertz CT molecular complexity index is 542. The van der Waals surface area contributed by atoms with Crippen molar-refractivity contribution in [1.82, 2.24) is 9.97 Å². The van der Waals surface area contributed by atoms with Gasteiger partial charge in [-0.05, 0) is 12.1 Å². The summed E-state index contributed by atoms with van der Waals surface area (Å²) in [6.07, 6.45) is 4.07. The molecule has 0 bridgehead atoms. The van der Waals surface area contributed by atoms with Gasteiger partial charge in [0, 0.05) is 35.4 Å². The van der Waals surface area contributed by atoms with Gasteiger partial charge in [-0.3, -0.25) is 10.1 Å². The van der Waals surface area contributed by atoms with Gasteiger partial charge in [-0.15, -0.1) is 0 Å². The molecule has 0 fully saturated rings. The standard InChI is InChI=1S/C11H11BrN4O2/c12-8-1-2-11(16(17)18)10(5-8)14-4-3-9-6-13-7-15-9/h1-2,5-7,14H,3-4H2,(H,13,15). The third kappa shape index (κ3) is 3.07. The molecule has 18 heavy (non-hydrogen) atoms. The first-order chi connectivity index (χ1) is 8.66. The number of anilines is 1. The number of nitro benzene ring substituents is 1. The van der Waals surface area contributed by atoms with Crippen molar-refractivity contribution < 1.29 is 4.92 Å². The molecule has 0 unspecified atom stereocenters. The second-order valence-corrected chi connectivity index (χ2v) is 4.59. The van der Waals surface area contributed by atoms with Gasteiger partial charge in [0.25, 0.3) is 5.69 Å². The zero-order valence-electron chi connectivity index (χ0n) is 9.39. The van der Waals surface area contributed by atoms with Crippen LogP contribution in [0.4, 0.5) is 11.4 Å². The van der Waals surface area contributed by atoms with Crippen LogP contribution in [0.15, 0.2) is 35.2 Å². The molecular formula is C11H11BrN4O2. The van der Waals surface area contributed by atoms with Crippen LogP contribution in [0.1, 0.15) is 5.69 Å². The summed E-state index contributed by atoms with van der Waals surface area (Å²) in [5.74, 6) is 0. The fourth-order valence-electron chi connectivity index (χ4n) is 1.56. The number of halogens is 1. The average molecular weight is 311 g/mol. The van der Waals surface area contributed by atoms with Crippen LogP contribution in [0.2, 0.25) is 0 Å². The number of hydrogen-bond acceptors (Lipinski definition) is 4. The zero-order chi connectivity index (χ0) is 13.0. The highest BCUT2D eigenvalue weighted by Crippen LogP contribution is 2.27. The highest BCUT2D eigenvalue weighted by atomic mass is 79.9. The van der Waals surface area contributed by atoms with E-state index in [4.69, 9.17) is 0 Å². The molecule has 0 spiro atoms. The van der Waals surface area contributed by atoms with E-state index in [1.54, 1.807) is 24.7 Å². The van der Waals surface area contributed by atoms with Crippen molar-refractivity contribution in [3.8, 4) is 0 Å². The van der Waals surface area contributed by atoms with Crippen molar-refractivity contribution in [3.63, 3.8) is 0 Å². The third-order valence-corrected chi connectivity index (χ3v) is 2.91. The Morgan fingerprint density at radius 2 is 2.33 bits per heavy atom. The van der Waals surface area contributed by atoms with Crippen LogP contribution in [0.3, 0.4) is 0 Å². The fourth-order valence-corrected chi connectivity index (χ4v) is 1.92. The lowest BCUT2D eigenvalue weighted by atomic mass is 10.2. The van der Waals surface area contributed by atoms with Gasteiger partial charge in [-0.2, -0.15) is 0 Å². The maximum atomic E-state index is 10.9. The molecule has 2 aromatic rings. The first-order valence-electron chi connectivity index (χ1n) is 5.32. The Kier molecular flexibility index (Phi) is 3.93. The van der Waals surface area contributed by atoms with Crippen LogP contribution in [-0.2, 0) is 6.42 Å². The number of aromatic nitrogens is 2. The summed E-state index contributed by atoms with van der Waals surface area (Å²) in [5, 5.41) is 13.9. The molecule has 94 valence electrons. The summed E-state index contributed by atoms with van der Waals surface area (Å²) in [4.78, 5) is 17.3. The molecule has 0 amide bonds. The molecule has 0 radical (unpaired) electrons. The lowest BCUT2D eigenvalue weighted by Crippen LogP contribution is -2.07. The van der Waals surface area contributed by atoms with Gasteiger partial charge in [-0.1, -0.05) is 15.9 Å². The highest BCUT2D eigenvalue weighted by molar-refractivity contribution is 9.10. The Morgan fingerprint density at radius 3 is 3.00 bits per heavy atom. The summed E-state index contributed by atoms with van der Waals surface area (Å²) in [5.41, 5.74) is 1.57. The van der Waals surface area contributed by atoms with Gasteiger partial charge >= 0.3 is 0 Å². The minimum Gasteiger partial charge on any atom is -0.379 e. The van der Waals surface area contributed by atoms with E-state index in [0.29, 0.717) is 12.2 Å². The van der Waals surface area contributed by atoms with E-state index >= 15 is 0 Å². The first-order valence-corrected chi connectivity index (χ1v) is 6.11. The predicted octanol–water partition coefficient (Wildman–Crippen LogP) is 2.74. The van der Waals surface area contributed by atoms with Crippen molar-refractivity contribution in [2.45, 2.75) is 6.42 Å². The van der Waals surface area contributed by atoms with Gasteiger partial charge in [0.15, 0.2) is 0 Å². The topological polar surface area (TPSA) is 83.8 Å². The number of imidazole rings is 1. The van der Waals surface area contributed by atoms with Crippen molar-refractivity contribution in [3.05, 3.63) is 51.0 Å². The Morgan fingerprint density at radius 1 is 1.50 bits per heavy atom. The lowest BCUT2D eigenvalue weighted by Gasteiger charge is -2.06. The number of benzene rings is 1. The molecular weight excluding hydrogens is 300 g/mol. The molecule has 0 aliphatic rings. The summed E-state index contributed by atoms with van der Waals surface area (Å²) < 4.78 is 0.803. The number of aromatic amines is 1. The number of hydrogen-bond donors (Lipinski definition) is 2. The third-order valence-electron chi connectivity index (χ3n) is 2.42. The molecule has 1 aromatic heterocycles. The van der Waals surface area contributed by atoms with Gasteiger partial charge < -0.3 is 10.3 Å². The van der Waals surface area contributed by atoms with Crippen LogP contribution in [0, 0.1) is 10.1 Å². The normalized spacial score (nSPS) is 10.3. The lowest BCUT2D eigenvalue weighted by molar-refractivity contribution is -0.384. The quantitative estimate of drug-likeness (QED) is 0.657. The van der Waals surface area contributed by atoms with E-state index in [-0.39, 0.29) is 5.69 Å². The molecule has 0 aliphatic heterocycles. The monoisotopic (exact) mass is 310 g/mol. The van der Waals surface area contributed by atoms with E-state index < -0.39 is 4.92 Å². The van der Waals surface area contributed by atoms with Crippen molar-refractivity contribution >= 4 is 27.3 Å². The maximum absolute atomic E-state index is 10.9. The van der Waals surface area contributed by atoms with Crippen LogP contribution >= 0.6 is 15.9 Å². The minimum absolute atomic E-state index is 0.0720. The van der Waals surface area contributed by atoms with Crippen LogP contribution in [0.25, 0.3) is 0 Å². The molecule has 7 heteroatoms. The molecule has 0 saturated carbocycles. The molecule has 0 atom stereocenters.